The minimum absolute atomic E-state index is 0.0142. The molecule has 1 amide bonds. The number of ether oxygens (including phenoxy) is 2. The van der Waals surface area contributed by atoms with E-state index in [0.717, 1.165) is 24.0 Å². The van der Waals surface area contributed by atoms with E-state index in [4.69, 9.17) is 9.47 Å². The van der Waals surface area contributed by atoms with Crippen molar-refractivity contribution in [2.75, 3.05) is 7.11 Å². The van der Waals surface area contributed by atoms with E-state index >= 15 is 0 Å². The number of amides is 1. The monoisotopic (exact) mass is 458 g/mol. The van der Waals surface area contributed by atoms with Gasteiger partial charge < -0.3 is 14.8 Å². The molecule has 3 aromatic rings. The first-order valence-corrected chi connectivity index (χ1v) is 11.7. The number of rotatable bonds is 10. The summed E-state index contributed by atoms with van der Waals surface area (Å²) in [6.45, 7) is 0.740. The Morgan fingerprint density at radius 3 is 2.59 bits per heavy atom. The second-order valence-corrected chi connectivity index (χ2v) is 8.53. The Kier molecular flexibility index (Phi) is 7.91. The van der Waals surface area contributed by atoms with Crippen molar-refractivity contribution in [1.82, 2.24) is 10.3 Å². The minimum Gasteiger partial charge on any atom is -0.493 e. The fourth-order valence-corrected chi connectivity index (χ4v) is 4.15. The molecule has 0 saturated heterocycles. The standard InChI is InChI=1S/C28H30N2O4/c1-33-27-15-20(8-12-26(27)34-19-21-5-4-14-29-17-21)18-30-28(32)13-11-25(31)24-10-9-22-6-2-3-7-23(22)16-24/h4-5,8-10,12,14-17H,2-3,6-7,11,13,18-19H2,1H3,(H,30,32). The molecule has 6 nitrogen and oxygen atoms in total. The first kappa shape index (κ1) is 23.5. The molecular weight excluding hydrogens is 428 g/mol. The van der Waals surface area contributed by atoms with E-state index in [2.05, 4.69) is 16.4 Å². The second kappa shape index (κ2) is 11.5. The van der Waals surface area contributed by atoms with Gasteiger partial charge in [0, 0.05) is 42.9 Å². The Morgan fingerprint density at radius 2 is 1.79 bits per heavy atom. The van der Waals surface area contributed by atoms with Crippen molar-refractivity contribution >= 4 is 11.7 Å². The molecule has 0 aliphatic heterocycles. The van der Waals surface area contributed by atoms with Gasteiger partial charge in [0.1, 0.15) is 6.61 Å². The highest BCUT2D eigenvalue weighted by Crippen LogP contribution is 2.29. The third-order valence-corrected chi connectivity index (χ3v) is 6.08. The number of hydrogen-bond donors (Lipinski definition) is 1. The van der Waals surface area contributed by atoms with Crippen LogP contribution in [0.4, 0.5) is 0 Å². The number of pyridine rings is 1. The highest BCUT2D eigenvalue weighted by atomic mass is 16.5. The molecule has 6 heteroatoms. The molecule has 1 aromatic heterocycles. The Labute approximate surface area is 200 Å². The molecule has 4 rings (SSSR count). The molecule has 0 spiro atoms. The topological polar surface area (TPSA) is 77.5 Å². The van der Waals surface area contributed by atoms with E-state index in [9.17, 15) is 9.59 Å². The molecule has 0 bridgehead atoms. The predicted octanol–water partition coefficient (Wildman–Crippen LogP) is 4.83. The summed E-state index contributed by atoms with van der Waals surface area (Å²) in [6.07, 6.45) is 8.36. The fourth-order valence-electron chi connectivity index (χ4n) is 4.15. The first-order valence-electron chi connectivity index (χ1n) is 11.7. The van der Waals surface area contributed by atoms with Gasteiger partial charge in [-0.05, 0) is 66.6 Å². The van der Waals surface area contributed by atoms with Crippen molar-refractivity contribution in [3.63, 3.8) is 0 Å². The van der Waals surface area contributed by atoms with Crippen LogP contribution >= 0.6 is 0 Å². The number of nitrogens with zero attached hydrogens (tertiary/aromatic N) is 1. The van der Waals surface area contributed by atoms with Crippen molar-refractivity contribution in [2.45, 2.75) is 51.7 Å². The van der Waals surface area contributed by atoms with Crippen LogP contribution in [0.25, 0.3) is 0 Å². The average molecular weight is 459 g/mol. The molecule has 1 aliphatic carbocycles. The van der Waals surface area contributed by atoms with Gasteiger partial charge in [0.2, 0.25) is 5.91 Å². The number of carbonyl (C=O) groups excluding carboxylic acids is 2. The Balaban J connectivity index is 1.25. The molecular formula is C28H30N2O4. The van der Waals surface area contributed by atoms with Gasteiger partial charge in [0.15, 0.2) is 17.3 Å². The van der Waals surface area contributed by atoms with E-state index in [0.29, 0.717) is 30.2 Å². The summed E-state index contributed by atoms with van der Waals surface area (Å²) < 4.78 is 11.3. The molecule has 34 heavy (non-hydrogen) atoms. The van der Waals surface area contributed by atoms with Crippen LogP contribution < -0.4 is 14.8 Å². The van der Waals surface area contributed by atoms with E-state index in [1.807, 2.05) is 42.5 Å². The van der Waals surface area contributed by atoms with Crippen LogP contribution in [0.2, 0.25) is 0 Å². The summed E-state index contributed by atoms with van der Waals surface area (Å²) >= 11 is 0. The summed E-state index contributed by atoms with van der Waals surface area (Å²) in [5.74, 6) is 1.08. The zero-order chi connectivity index (χ0) is 23.8. The molecule has 0 saturated carbocycles. The van der Waals surface area contributed by atoms with Crippen molar-refractivity contribution in [2.24, 2.45) is 0 Å². The quantitative estimate of drug-likeness (QED) is 0.441. The summed E-state index contributed by atoms with van der Waals surface area (Å²) in [6, 6.07) is 15.3. The molecule has 2 aromatic carbocycles. The number of aryl methyl sites for hydroxylation is 2. The SMILES string of the molecule is COc1cc(CNC(=O)CCC(=O)c2ccc3c(c2)CCCC3)ccc1OCc1cccnc1. The largest absolute Gasteiger partial charge is 0.493 e. The van der Waals surface area contributed by atoms with Crippen molar-refractivity contribution in [3.8, 4) is 11.5 Å². The number of methoxy groups -OCH3 is 1. The van der Waals surface area contributed by atoms with Crippen LogP contribution in [0.1, 0.15) is 58.3 Å². The third kappa shape index (κ3) is 6.22. The maximum absolute atomic E-state index is 12.6. The van der Waals surface area contributed by atoms with Crippen LogP contribution in [0.5, 0.6) is 11.5 Å². The number of benzene rings is 2. The van der Waals surface area contributed by atoms with Gasteiger partial charge in [0.25, 0.3) is 0 Å². The molecule has 1 N–H and O–H groups in total. The average Bonchev–Trinajstić information content (AvgIpc) is 2.89. The lowest BCUT2D eigenvalue weighted by Gasteiger charge is -2.16. The molecule has 1 aliphatic rings. The van der Waals surface area contributed by atoms with Gasteiger partial charge in [-0.15, -0.1) is 0 Å². The smallest absolute Gasteiger partial charge is 0.220 e. The number of carbonyl (C=O) groups is 2. The first-order chi connectivity index (χ1) is 16.6. The van der Waals surface area contributed by atoms with Gasteiger partial charge in [-0.3, -0.25) is 14.6 Å². The van der Waals surface area contributed by atoms with E-state index < -0.39 is 0 Å². The van der Waals surface area contributed by atoms with Gasteiger partial charge in [-0.25, -0.2) is 0 Å². The Bertz CT molecular complexity index is 1140. The normalized spacial score (nSPS) is 12.5. The lowest BCUT2D eigenvalue weighted by atomic mass is 9.89. The van der Waals surface area contributed by atoms with Crippen LogP contribution in [0.3, 0.4) is 0 Å². The number of fused-ring (bicyclic) bond motifs is 1. The molecule has 1 heterocycles. The number of ketones is 1. The maximum atomic E-state index is 12.6. The lowest BCUT2D eigenvalue weighted by molar-refractivity contribution is -0.121. The molecule has 0 atom stereocenters. The Hall–Kier alpha value is -3.67. The number of aromatic nitrogens is 1. The number of nitrogens with one attached hydrogen (secondary N) is 1. The third-order valence-electron chi connectivity index (χ3n) is 6.08. The lowest BCUT2D eigenvalue weighted by Crippen LogP contribution is -2.23. The van der Waals surface area contributed by atoms with Crippen LogP contribution in [0.15, 0.2) is 60.9 Å². The Morgan fingerprint density at radius 1 is 0.941 bits per heavy atom. The van der Waals surface area contributed by atoms with Crippen molar-refractivity contribution in [3.05, 3.63) is 88.7 Å². The molecule has 0 radical (unpaired) electrons. The zero-order valence-electron chi connectivity index (χ0n) is 19.5. The van der Waals surface area contributed by atoms with E-state index in [1.54, 1.807) is 19.5 Å². The van der Waals surface area contributed by atoms with Gasteiger partial charge in [-0.2, -0.15) is 0 Å². The van der Waals surface area contributed by atoms with Crippen molar-refractivity contribution in [1.29, 1.82) is 0 Å². The van der Waals surface area contributed by atoms with E-state index in [1.165, 1.54) is 24.0 Å². The molecule has 0 fully saturated rings. The summed E-state index contributed by atoms with van der Waals surface area (Å²) in [5, 5.41) is 2.89. The zero-order valence-corrected chi connectivity index (χ0v) is 19.5. The summed E-state index contributed by atoms with van der Waals surface area (Å²) in [7, 11) is 1.58. The minimum atomic E-state index is -0.151. The van der Waals surface area contributed by atoms with Crippen LogP contribution in [-0.4, -0.2) is 23.8 Å². The summed E-state index contributed by atoms with van der Waals surface area (Å²) in [4.78, 5) is 29.0. The molecule has 0 unspecified atom stereocenters. The number of hydrogen-bond acceptors (Lipinski definition) is 5. The van der Waals surface area contributed by atoms with Crippen LogP contribution in [-0.2, 0) is 30.8 Å². The van der Waals surface area contributed by atoms with E-state index in [-0.39, 0.29) is 24.5 Å². The van der Waals surface area contributed by atoms with Crippen molar-refractivity contribution < 1.29 is 19.1 Å². The predicted molar refractivity (Wildman–Crippen MR) is 130 cm³/mol. The van der Waals surface area contributed by atoms with Crippen LogP contribution in [0, 0.1) is 0 Å². The van der Waals surface area contributed by atoms with Gasteiger partial charge >= 0.3 is 0 Å². The highest BCUT2D eigenvalue weighted by Gasteiger charge is 2.14. The maximum Gasteiger partial charge on any atom is 0.220 e. The fraction of sp³-hybridized carbons (Fsp3) is 0.321. The molecule has 176 valence electrons. The van der Waals surface area contributed by atoms with Gasteiger partial charge in [-0.1, -0.05) is 24.3 Å². The van der Waals surface area contributed by atoms with Gasteiger partial charge in [0.05, 0.1) is 7.11 Å². The number of Topliss-reactive ketones (excluding diaryl/α,β-unsaturated/α-hetero) is 1. The summed E-state index contributed by atoms with van der Waals surface area (Å²) in [5.41, 5.74) is 5.19. The highest BCUT2D eigenvalue weighted by molar-refractivity contribution is 5.98. The second-order valence-electron chi connectivity index (χ2n) is 8.53.